The molecule has 2 N–H and O–H groups in total. The van der Waals surface area contributed by atoms with Crippen molar-refractivity contribution in [3.05, 3.63) is 30.2 Å². The van der Waals surface area contributed by atoms with Crippen LogP contribution in [0, 0.1) is 0 Å². The maximum atomic E-state index is 5.50. The first kappa shape index (κ1) is 10.2. The molecule has 0 saturated heterocycles. The third-order valence-corrected chi connectivity index (χ3v) is 2.55. The average Bonchev–Trinajstić information content (AvgIpc) is 2.87. The Morgan fingerprint density at radius 1 is 1.18 bits per heavy atom. The molecule has 1 aliphatic rings. The molecule has 5 nitrogen and oxygen atoms in total. The Balaban J connectivity index is 1.97. The number of hydrogen-bond acceptors (Lipinski definition) is 5. The fourth-order valence-electron chi connectivity index (χ4n) is 1.71. The van der Waals surface area contributed by atoms with Gasteiger partial charge in [-0.2, -0.15) is 0 Å². The molecule has 1 aromatic carbocycles. The van der Waals surface area contributed by atoms with Gasteiger partial charge in [0.25, 0.3) is 0 Å². The summed E-state index contributed by atoms with van der Waals surface area (Å²) in [4.78, 5) is 4.26. The lowest BCUT2D eigenvalue weighted by Gasteiger charge is -2.18. The Morgan fingerprint density at radius 3 is 2.76 bits per heavy atom. The van der Waals surface area contributed by atoms with E-state index in [1.54, 1.807) is 6.26 Å². The Bertz CT molecular complexity index is 536. The van der Waals surface area contributed by atoms with Crippen LogP contribution < -0.4 is 15.2 Å². The molecule has 0 radical (unpaired) electrons. The minimum Gasteiger partial charge on any atom is -0.486 e. The summed E-state index contributed by atoms with van der Waals surface area (Å²) in [6, 6.07) is 5.61. The number of nitrogens with two attached hydrogens (primary N) is 1. The number of hydrogen-bond donors (Lipinski definition) is 1. The van der Waals surface area contributed by atoms with E-state index in [9.17, 15) is 0 Å². The van der Waals surface area contributed by atoms with Gasteiger partial charge in [0.15, 0.2) is 11.5 Å². The Morgan fingerprint density at radius 2 is 2.00 bits per heavy atom. The van der Waals surface area contributed by atoms with Crippen LogP contribution in [0.5, 0.6) is 11.5 Å². The summed E-state index contributed by atoms with van der Waals surface area (Å²) < 4.78 is 16.3. The van der Waals surface area contributed by atoms with Gasteiger partial charge in [0, 0.05) is 12.1 Å². The van der Waals surface area contributed by atoms with E-state index in [-0.39, 0.29) is 0 Å². The normalized spacial score (nSPS) is 13.7. The molecule has 0 amide bonds. The first-order valence-corrected chi connectivity index (χ1v) is 5.41. The molecule has 0 bridgehead atoms. The number of nitrogens with zero attached hydrogens (tertiary/aromatic N) is 1. The maximum absolute atomic E-state index is 5.50. The van der Waals surface area contributed by atoms with Crippen molar-refractivity contribution < 1.29 is 13.9 Å². The molecule has 3 rings (SSSR count). The van der Waals surface area contributed by atoms with E-state index >= 15 is 0 Å². The standard InChI is InChI=1S/C12H12N2O3/c13-6-9-7-17-12(14-9)8-1-2-10-11(5-8)16-4-3-15-10/h1-2,5,7H,3-4,6,13H2. The molecule has 0 aliphatic carbocycles. The van der Waals surface area contributed by atoms with Gasteiger partial charge in [0.1, 0.15) is 19.5 Å². The molecule has 0 fully saturated rings. The highest BCUT2D eigenvalue weighted by atomic mass is 16.6. The summed E-state index contributed by atoms with van der Waals surface area (Å²) >= 11 is 0. The number of fused-ring (bicyclic) bond motifs is 1. The molecule has 1 aliphatic heterocycles. The molecular formula is C12H12N2O3. The van der Waals surface area contributed by atoms with Crippen LogP contribution in [0.4, 0.5) is 0 Å². The van der Waals surface area contributed by atoms with Crippen LogP contribution in [-0.4, -0.2) is 18.2 Å². The molecule has 5 heteroatoms. The smallest absolute Gasteiger partial charge is 0.226 e. The fraction of sp³-hybridized carbons (Fsp3) is 0.250. The van der Waals surface area contributed by atoms with E-state index in [0.717, 1.165) is 22.8 Å². The van der Waals surface area contributed by atoms with Crippen molar-refractivity contribution in [2.45, 2.75) is 6.54 Å². The third-order valence-electron chi connectivity index (χ3n) is 2.55. The van der Waals surface area contributed by atoms with Crippen molar-refractivity contribution in [3.8, 4) is 23.0 Å². The van der Waals surface area contributed by atoms with Gasteiger partial charge < -0.3 is 19.6 Å². The van der Waals surface area contributed by atoms with E-state index in [1.165, 1.54) is 0 Å². The number of oxazole rings is 1. The van der Waals surface area contributed by atoms with E-state index < -0.39 is 0 Å². The van der Waals surface area contributed by atoms with Crippen LogP contribution in [0.3, 0.4) is 0 Å². The summed E-state index contributed by atoms with van der Waals surface area (Å²) in [7, 11) is 0. The van der Waals surface area contributed by atoms with Gasteiger partial charge in [-0.15, -0.1) is 0 Å². The fourth-order valence-corrected chi connectivity index (χ4v) is 1.71. The zero-order valence-corrected chi connectivity index (χ0v) is 9.18. The molecular weight excluding hydrogens is 220 g/mol. The van der Waals surface area contributed by atoms with Gasteiger partial charge in [0.05, 0.1) is 5.69 Å². The molecule has 0 saturated carbocycles. The molecule has 1 aromatic heterocycles. The van der Waals surface area contributed by atoms with Crippen LogP contribution in [0.2, 0.25) is 0 Å². The lowest BCUT2D eigenvalue weighted by Crippen LogP contribution is -2.15. The first-order valence-electron chi connectivity index (χ1n) is 5.41. The number of benzene rings is 1. The average molecular weight is 232 g/mol. The summed E-state index contributed by atoms with van der Waals surface area (Å²) in [6.07, 6.45) is 1.56. The topological polar surface area (TPSA) is 70.5 Å². The summed E-state index contributed by atoms with van der Waals surface area (Å²) in [6.45, 7) is 1.52. The van der Waals surface area contributed by atoms with Crippen LogP contribution in [0.1, 0.15) is 5.69 Å². The Labute approximate surface area is 98.2 Å². The van der Waals surface area contributed by atoms with Crippen LogP contribution >= 0.6 is 0 Å². The highest BCUT2D eigenvalue weighted by Gasteiger charge is 2.14. The second-order valence-corrected chi connectivity index (χ2v) is 3.71. The Hall–Kier alpha value is -2.01. The van der Waals surface area contributed by atoms with Crippen molar-refractivity contribution in [3.63, 3.8) is 0 Å². The van der Waals surface area contributed by atoms with Gasteiger partial charge in [-0.3, -0.25) is 0 Å². The zero-order chi connectivity index (χ0) is 11.7. The van der Waals surface area contributed by atoms with Crippen LogP contribution in [0.25, 0.3) is 11.5 Å². The van der Waals surface area contributed by atoms with Crippen LogP contribution in [0.15, 0.2) is 28.9 Å². The predicted molar refractivity (Wildman–Crippen MR) is 60.8 cm³/mol. The van der Waals surface area contributed by atoms with Crippen molar-refractivity contribution in [1.29, 1.82) is 0 Å². The van der Waals surface area contributed by atoms with Gasteiger partial charge in [0.2, 0.25) is 5.89 Å². The number of aromatic nitrogens is 1. The maximum Gasteiger partial charge on any atom is 0.226 e. The van der Waals surface area contributed by atoms with Crippen LogP contribution in [-0.2, 0) is 6.54 Å². The predicted octanol–water partition coefficient (Wildman–Crippen LogP) is 1.57. The minimum atomic E-state index is 0.369. The highest BCUT2D eigenvalue weighted by molar-refractivity contribution is 5.60. The van der Waals surface area contributed by atoms with E-state index in [2.05, 4.69) is 4.98 Å². The summed E-state index contributed by atoms with van der Waals surface area (Å²) in [5.74, 6) is 2.02. The van der Waals surface area contributed by atoms with Crippen molar-refractivity contribution in [2.24, 2.45) is 5.73 Å². The van der Waals surface area contributed by atoms with E-state index in [1.807, 2.05) is 18.2 Å². The summed E-state index contributed by atoms with van der Waals surface area (Å²) in [5, 5.41) is 0. The summed E-state index contributed by atoms with van der Waals surface area (Å²) in [5.41, 5.74) is 7.07. The molecule has 0 unspecified atom stereocenters. The van der Waals surface area contributed by atoms with Crippen molar-refractivity contribution >= 4 is 0 Å². The van der Waals surface area contributed by atoms with Gasteiger partial charge in [-0.05, 0) is 18.2 Å². The van der Waals surface area contributed by atoms with Crippen molar-refractivity contribution in [1.82, 2.24) is 4.98 Å². The molecule has 0 atom stereocenters. The third kappa shape index (κ3) is 1.85. The number of ether oxygens (including phenoxy) is 2. The highest BCUT2D eigenvalue weighted by Crippen LogP contribution is 2.34. The quantitative estimate of drug-likeness (QED) is 0.851. The zero-order valence-electron chi connectivity index (χ0n) is 9.18. The second-order valence-electron chi connectivity index (χ2n) is 3.71. The molecule has 0 spiro atoms. The Kier molecular flexibility index (Phi) is 2.45. The monoisotopic (exact) mass is 232 g/mol. The molecule has 2 heterocycles. The minimum absolute atomic E-state index is 0.369. The van der Waals surface area contributed by atoms with Gasteiger partial charge >= 0.3 is 0 Å². The SMILES string of the molecule is NCc1coc(-c2ccc3c(c2)OCCO3)n1. The second kappa shape index (κ2) is 4.10. The first-order chi connectivity index (χ1) is 8.36. The van der Waals surface area contributed by atoms with E-state index in [4.69, 9.17) is 19.6 Å². The largest absolute Gasteiger partial charge is 0.486 e. The van der Waals surface area contributed by atoms with Crippen molar-refractivity contribution in [2.75, 3.05) is 13.2 Å². The van der Waals surface area contributed by atoms with Gasteiger partial charge in [-0.25, -0.2) is 4.98 Å². The van der Waals surface area contributed by atoms with E-state index in [0.29, 0.717) is 25.6 Å². The lowest BCUT2D eigenvalue weighted by molar-refractivity contribution is 0.171. The molecule has 2 aromatic rings. The molecule has 88 valence electrons. The number of rotatable bonds is 2. The van der Waals surface area contributed by atoms with Gasteiger partial charge in [-0.1, -0.05) is 0 Å². The lowest BCUT2D eigenvalue weighted by atomic mass is 10.2. The molecule has 17 heavy (non-hydrogen) atoms.